The van der Waals surface area contributed by atoms with Gasteiger partial charge in [0.05, 0.1) is 0 Å². The van der Waals surface area contributed by atoms with Gasteiger partial charge in [-0.05, 0) is 38.5 Å². The Hall–Kier alpha value is -3.08. The number of ether oxygens (including phenoxy) is 1. The van der Waals surface area contributed by atoms with Crippen molar-refractivity contribution in [2.45, 2.75) is 32.9 Å². The summed E-state index contributed by atoms with van der Waals surface area (Å²) in [4.78, 5) is 26.7. The molecule has 1 amide bonds. The van der Waals surface area contributed by atoms with Crippen LogP contribution in [-0.4, -0.2) is 28.9 Å². The van der Waals surface area contributed by atoms with Crippen LogP contribution in [0.25, 0.3) is 11.0 Å². The number of hydrogen-bond acceptors (Lipinski definition) is 4. The van der Waals surface area contributed by atoms with E-state index in [1.54, 1.807) is 17.0 Å². The zero-order chi connectivity index (χ0) is 19.4. The third-order valence-corrected chi connectivity index (χ3v) is 4.25. The van der Waals surface area contributed by atoms with Gasteiger partial charge in [0.1, 0.15) is 5.58 Å². The third-order valence-electron chi connectivity index (χ3n) is 4.25. The Bertz CT molecular complexity index is 905. The SMILES string of the molecule is CC(C)(C)N(Cc1ccccc1)C(=O)COC(=O)c1cc2ccccc2o1. The number of benzene rings is 2. The van der Waals surface area contributed by atoms with Crippen molar-refractivity contribution >= 4 is 22.8 Å². The van der Waals surface area contributed by atoms with Crippen LogP contribution in [0.2, 0.25) is 0 Å². The van der Waals surface area contributed by atoms with Crippen molar-refractivity contribution < 1.29 is 18.7 Å². The summed E-state index contributed by atoms with van der Waals surface area (Å²) in [5, 5.41) is 0.816. The standard InChI is InChI=1S/C22H23NO4/c1-22(2,3)23(14-16-9-5-4-6-10-16)20(24)15-26-21(25)19-13-17-11-7-8-12-18(17)27-19/h4-13H,14-15H2,1-3H3. The molecule has 0 unspecified atom stereocenters. The van der Waals surface area contributed by atoms with E-state index < -0.39 is 11.5 Å². The normalized spacial score (nSPS) is 11.4. The summed E-state index contributed by atoms with van der Waals surface area (Å²) in [6, 6.07) is 18.7. The Kier molecular flexibility index (Phi) is 5.31. The molecule has 0 radical (unpaired) electrons. The van der Waals surface area contributed by atoms with Crippen LogP contribution in [-0.2, 0) is 16.1 Å². The van der Waals surface area contributed by atoms with E-state index in [0.717, 1.165) is 10.9 Å². The van der Waals surface area contributed by atoms with E-state index >= 15 is 0 Å². The second-order valence-corrected chi connectivity index (χ2v) is 7.36. The fraction of sp³-hybridized carbons (Fsp3) is 0.273. The predicted octanol–water partition coefficient (Wildman–Crippen LogP) is 4.42. The monoisotopic (exact) mass is 365 g/mol. The summed E-state index contributed by atoms with van der Waals surface area (Å²) in [6.45, 7) is 5.98. The highest BCUT2D eigenvalue weighted by molar-refractivity contribution is 5.93. The molecule has 1 heterocycles. The van der Waals surface area contributed by atoms with Crippen molar-refractivity contribution in [1.82, 2.24) is 4.90 Å². The number of nitrogens with zero attached hydrogens (tertiary/aromatic N) is 1. The number of amides is 1. The molecule has 0 saturated heterocycles. The van der Waals surface area contributed by atoms with Gasteiger partial charge in [-0.2, -0.15) is 0 Å². The van der Waals surface area contributed by atoms with Crippen LogP contribution in [0.15, 0.2) is 65.1 Å². The Labute approximate surface area is 158 Å². The lowest BCUT2D eigenvalue weighted by Gasteiger charge is -2.35. The molecule has 0 atom stereocenters. The zero-order valence-electron chi connectivity index (χ0n) is 15.8. The van der Waals surface area contributed by atoms with Crippen molar-refractivity contribution in [1.29, 1.82) is 0 Å². The molecule has 0 aliphatic rings. The Morgan fingerprint density at radius 3 is 2.33 bits per heavy atom. The molecule has 0 N–H and O–H groups in total. The van der Waals surface area contributed by atoms with Crippen molar-refractivity contribution in [3.8, 4) is 0 Å². The highest BCUT2D eigenvalue weighted by atomic mass is 16.5. The van der Waals surface area contributed by atoms with E-state index in [1.165, 1.54) is 0 Å². The Morgan fingerprint density at radius 2 is 1.67 bits per heavy atom. The second kappa shape index (κ2) is 7.66. The average Bonchev–Trinajstić information content (AvgIpc) is 3.08. The van der Waals surface area contributed by atoms with Gasteiger partial charge < -0.3 is 14.1 Å². The molecule has 0 fully saturated rings. The first-order valence-electron chi connectivity index (χ1n) is 8.85. The van der Waals surface area contributed by atoms with Gasteiger partial charge in [0, 0.05) is 17.5 Å². The molecule has 0 aliphatic heterocycles. The largest absolute Gasteiger partial charge is 0.450 e. The number of carbonyl (C=O) groups excluding carboxylic acids is 2. The van der Waals surface area contributed by atoms with Crippen molar-refractivity contribution in [3.05, 3.63) is 72.0 Å². The van der Waals surface area contributed by atoms with Gasteiger partial charge in [0.25, 0.3) is 5.91 Å². The first kappa shape index (κ1) is 18.7. The zero-order valence-corrected chi connectivity index (χ0v) is 15.8. The summed E-state index contributed by atoms with van der Waals surface area (Å²) < 4.78 is 10.7. The molecule has 0 aliphatic carbocycles. The van der Waals surface area contributed by atoms with Crippen molar-refractivity contribution in [2.75, 3.05) is 6.61 Å². The van der Waals surface area contributed by atoms with Crippen LogP contribution in [0, 0.1) is 0 Å². The summed E-state index contributed by atoms with van der Waals surface area (Å²) in [5.41, 5.74) is 1.22. The minimum Gasteiger partial charge on any atom is -0.450 e. The molecule has 140 valence electrons. The number of fused-ring (bicyclic) bond motifs is 1. The average molecular weight is 365 g/mol. The van der Waals surface area contributed by atoms with Crippen LogP contribution in [0.5, 0.6) is 0 Å². The number of rotatable bonds is 5. The minimum atomic E-state index is -0.645. The summed E-state index contributed by atoms with van der Waals surface area (Å²) in [6.07, 6.45) is 0. The highest BCUT2D eigenvalue weighted by Gasteiger charge is 2.27. The van der Waals surface area contributed by atoms with E-state index in [9.17, 15) is 9.59 Å². The first-order valence-corrected chi connectivity index (χ1v) is 8.85. The van der Waals surface area contributed by atoms with Gasteiger partial charge in [-0.1, -0.05) is 48.5 Å². The van der Waals surface area contributed by atoms with Crippen molar-refractivity contribution in [3.63, 3.8) is 0 Å². The summed E-state index contributed by atoms with van der Waals surface area (Å²) in [7, 11) is 0. The van der Waals surface area contributed by atoms with Crippen LogP contribution in [0.3, 0.4) is 0 Å². The lowest BCUT2D eigenvalue weighted by atomic mass is 10.0. The first-order chi connectivity index (χ1) is 12.8. The van der Waals surface area contributed by atoms with Crippen molar-refractivity contribution in [2.24, 2.45) is 0 Å². The van der Waals surface area contributed by atoms with Gasteiger partial charge in [0.15, 0.2) is 6.61 Å². The van der Waals surface area contributed by atoms with Crippen LogP contribution < -0.4 is 0 Å². The van der Waals surface area contributed by atoms with Crippen LogP contribution >= 0.6 is 0 Å². The molecule has 3 aromatic rings. The molecule has 0 spiro atoms. The van der Waals surface area contributed by atoms with E-state index in [-0.39, 0.29) is 18.3 Å². The lowest BCUT2D eigenvalue weighted by Crippen LogP contribution is -2.46. The molecule has 27 heavy (non-hydrogen) atoms. The Balaban J connectivity index is 1.67. The second-order valence-electron chi connectivity index (χ2n) is 7.36. The molecule has 5 nitrogen and oxygen atoms in total. The summed E-state index contributed by atoms with van der Waals surface area (Å²) in [5.74, 6) is -0.807. The maximum atomic E-state index is 12.7. The molecule has 1 aromatic heterocycles. The van der Waals surface area contributed by atoms with Gasteiger partial charge in [0.2, 0.25) is 5.76 Å². The summed E-state index contributed by atoms with van der Waals surface area (Å²) >= 11 is 0. The molecule has 0 saturated carbocycles. The number of furan rings is 1. The van der Waals surface area contributed by atoms with E-state index in [0.29, 0.717) is 12.1 Å². The van der Waals surface area contributed by atoms with Gasteiger partial charge in [-0.25, -0.2) is 4.79 Å². The molecule has 5 heteroatoms. The van der Waals surface area contributed by atoms with E-state index in [4.69, 9.17) is 9.15 Å². The predicted molar refractivity (Wildman–Crippen MR) is 103 cm³/mol. The number of hydrogen-bond donors (Lipinski definition) is 0. The maximum Gasteiger partial charge on any atom is 0.374 e. The minimum absolute atomic E-state index is 0.0920. The number of esters is 1. The van der Waals surface area contributed by atoms with Gasteiger partial charge in [-0.3, -0.25) is 4.79 Å². The smallest absolute Gasteiger partial charge is 0.374 e. The molecular formula is C22H23NO4. The highest BCUT2D eigenvalue weighted by Crippen LogP contribution is 2.20. The molecule has 2 aromatic carbocycles. The fourth-order valence-corrected chi connectivity index (χ4v) is 2.82. The maximum absolute atomic E-state index is 12.7. The number of para-hydroxylation sites is 1. The quantitative estimate of drug-likeness (QED) is 0.628. The fourth-order valence-electron chi connectivity index (χ4n) is 2.82. The molecule has 3 rings (SSSR count). The van der Waals surface area contributed by atoms with Gasteiger partial charge >= 0.3 is 5.97 Å². The molecule has 0 bridgehead atoms. The topological polar surface area (TPSA) is 59.8 Å². The lowest BCUT2D eigenvalue weighted by molar-refractivity contribution is -0.140. The third kappa shape index (κ3) is 4.56. The van der Waals surface area contributed by atoms with Gasteiger partial charge in [-0.15, -0.1) is 0 Å². The Morgan fingerprint density at radius 1 is 1.00 bits per heavy atom. The van der Waals surface area contributed by atoms with Crippen LogP contribution in [0.4, 0.5) is 0 Å². The number of carbonyl (C=O) groups is 2. The van der Waals surface area contributed by atoms with Crippen LogP contribution in [0.1, 0.15) is 36.9 Å². The van der Waals surface area contributed by atoms with E-state index in [2.05, 4.69) is 0 Å². The molecular weight excluding hydrogens is 342 g/mol. The van der Waals surface area contributed by atoms with E-state index in [1.807, 2.05) is 69.3 Å².